The maximum absolute atomic E-state index is 13.3. The van der Waals surface area contributed by atoms with Gasteiger partial charge in [-0.3, -0.25) is 9.69 Å². The quantitative estimate of drug-likeness (QED) is 0.453. The molecule has 0 radical (unpaired) electrons. The number of amides is 1. The van der Waals surface area contributed by atoms with Crippen LogP contribution in [0.25, 0.3) is 0 Å². The number of aryl methyl sites for hydroxylation is 1. The average Bonchev–Trinajstić information content (AvgIpc) is 3.25. The van der Waals surface area contributed by atoms with Crippen LogP contribution < -0.4 is 9.64 Å². The normalized spacial score (nSPS) is 19.6. The van der Waals surface area contributed by atoms with Gasteiger partial charge in [-0.25, -0.2) is 4.99 Å². The monoisotopic (exact) mass is 437 g/mol. The third-order valence-electron chi connectivity index (χ3n) is 4.82. The number of carbonyl (C=O) groups is 1. The van der Waals surface area contributed by atoms with Crippen LogP contribution in [-0.4, -0.2) is 36.2 Å². The van der Waals surface area contributed by atoms with E-state index in [0.717, 1.165) is 39.2 Å². The molecule has 0 aromatic heterocycles. The molecule has 7 heteroatoms. The first kappa shape index (κ1) is 20.6. The summed E-state index contributed by atoms with van der Waals surface area (Å²) in [5.74, 6) is 0.770. The van der Waals surface area contributed by atoms with Crippen molar-refractivity contribution in [1.29, 1.82) is 0 Å². The topological polar surface area (TPSA) is 45.1 Å². The summed E-state index contributed by atoms with van der Waals surface area (Å²) in [6, 6.07) is 14.0. The van der Waals surface area contributed by atoms with E-state index >= 15 is 0 Å². The molecule has 2 aliphatic rings. The van der Waals surface area contributed by atoms with Crippen LogP contribution in [0.15, 0.2) is 74.9 Å². The number of carbonyl (C=O) groups excluding carboxylic acids is 1. The van der Waals surface area contributed by atoms with Gasteiger partial charge in [0.1, 0.15) is 15.7 Å². The van der Waals surface area contributed by atoms with Crippen molar-refractivity contribution in [3.05, 3.63) is 70.6 Å². The number of aliphatic imine (C=N–C) groups is 1. The van der Waals surface area contributed by atoms with Crippen molar-refractivity contribution in [3.8, 4) is 5.75 Å². The average molecular weight is 438 g/mol. The number of ether oxygens (including phenoxy) is 1. The predicted octanol–water partition coefficient (Wildman–Crippen LogP) is 5.55. The van der Waals surface area contributed by atoms with Crippen molar-refractivity contribution in [2.75, 3.05) is 25.1 Å². The van der Waals surface area contributed by atoms with Gasteiger partial charge in [0.25, 0.3) is 5.91 Å². The minimum atomic E-state index is -0.0352. The van der Waals surface area contributed by atoms with Crippen molar-refractivity contribution in [1.82, 2.24) is 4.90 Å². The summed E-state index contributed by atoms with van der Waals surface area (Å²) >= 11 is 3.05. The van der Waals surface area contributed by atoms with Crippen LogP contribution >= 0.6 is 23.5 Å². The highest BCUT2D eigenvalue weighted by Crippen LogP contribution is 2.51. The molecule has 2 aliphatic heterocycles. The number of hydrogen-bond donors (Lipinski definition) is 0. The number of rotatable bonds is 5. The van der Waals surface area contributed by atoms with Gasteiger partial charge in [-0.15, -0.1) is 6.58 Å². The fourth-order valence-corrected chi connectivity index (χ4v) is 5.77. The summed E-state index contributed by atoms with van der Waals surface area (Å²) in [6.45, 7) is 9.11. The van der Waals surface area contributed by atoms with Crippen LogP contribution in [0.4, 0.5) is 11.4 Å². The van der Waals surface area contributed by atoms with Gasteiger partial charge in [-0.05, 0) is 55.4 Å². The molecule has 0 bridgehead atoms. The van der Waals surface area contributed by atoms with Gasteiger partial charge in [-0.2, -0.15) is 0 Å². The zero-order valence-corrected chi connectivity index (χ0v) is 18.8. The van der Waals surface area contributed by atoms with E-state index in [2.05, 4.69) is 18.4 Å². The first-order valence-electron chi connectivity index (χ1n) is 9.69. The highest BCUT2D eigenvalue weighted by Gasteiger charge is 2.39. The zero-order chi connectivity index (χ0) is 21.3. The second kappa shape index (κ2) is 8.62. The van der Waals surface area contributed by atoms with Gasteiger partial charge in [-0.1, -0.05) is 30.0 Å². The molecular weight excluding hydrogens is 414 g/mol. The highest BCUT2D eigenvalue weighted by molar-refractivity contribution is 8.19. The van der Waals surface area contributed by atoms with E-state index in [-0.39, 0.29) is 5.91 Å². The van der Waals surface area contributed by atoms with E-state index in [1.54, 1.807) is 29.8 Å². The number of hydrogen-bond acceptors (Lipinski definition) is 6. The number of benzene rings is 2. The Bertz CT molecular complexity index is 1080. The molecule has 1 saturated heterocycles. The molecule has 2 heterocycles. The van der Waals surface area contributed by atoms with Gasteiger partial charge in [0.05, 0.1) is 18.5 Å². The minimum absolute atomic E-state index is 0.0352. The van der Waals surface area contributed by atoms with Crippen molar-refractivity contribution < 1.29 is 9.53 Å². The smallest absolute Gasteiger partial charge is 0.269 e. The largest absolute Gasteiger partial charge is 0.497 e. The van der Waals surface area contributed by atoms with Gasteiger partial charge >= 0.3 is 0 Å². The summed E-state index contributed by atoms with van der Waals surface area (Å²) < 4.78 is 5.39. The summed E-state index contributed by atoms with van der Waals surface area (Å²) in [5.41, 5.74) is 3.04. The predicted molar refractivity (Wildman–Crippen MR) is 127 cm³/mol. The second-order valence-electron chi connectivity index (χ2n) is 6.85. The lowest BCUT2D eigenvalue weighted by atomic mass is 10.2. The van der Waals surface area contributed by atoms with Crippen LogP contribution in [0.5, 0.6) is 5.75 Å². The van der Waals surface area contributed by atoms with Gasteiger partial charge < -0.3 is 9.64 Å². The number of nitrogens with zero attached hydrogens (tertiary/aromatic N) is 3. The molecule has 0 aliphatic carbocycles. The Kier molecular flexibility index (Phi) is 5.92. The highest BCUT2D eigenvalue weighted by atomic mass is 32.2. The van der Waals surface area contributed by atoms with E-state index in [1.165, 1.54) is 11.8 Å². The molecule has 1 amide bonds. The fourth-order valence-electron chi connectivity index (χ4n) is 3.39. The lowest BCUT2D eigenvalue weighted by Crippen LogP contribution is -2.30. The third kappa shape index (κ3) is 3.75. The van der Waals surface area contributed by atoms with Crippen molar-refractivity contribution in [3.63, 3.8) is 0 Å². The zero-order valence-electron chi connectivity index (χ0n) is 17.2. The van der Waals surface area contributed by atoms with E-state index in [9.17, 15) is 4.79 Å². The molecule has 0 atom stereocenters. The third-order valence-corrected chi connectivity index (χ3v) is 7.20. The Morgan fingerprint density at radius 3 is 2.70 bits per heavy atom. The Labute approximate surface area is 185 Å². The summed E-state index contributed by atoms with van der Waals surface area (Å²) in [6.07, 6.45) is 1.73. The Morgan fingerprint density at radius 1 is 1.17 bits per heavy atom. The lowest BCUT2D eigenvalue weighted by Gasteiger charge is -2.19. The van der Waals surface area contributed by atoms with Crippen LogP contribution in [-0.2, 0) is 4.79 Å². The molecule has 30 heavy (non-hydrogen) atoms. The Balaban J connectivity index is 1.76. The molecule has 2 aromatic rings. The molecule has 0 N–H and O–H groups in total. The van der Waals surface area contributed by atoms with E-state index < -0.39 is 0 Å². The summed E-state index contributed by atoms with van der Waals surface area (Å²) in [4.78, 5) is 23.8. The molecule has 2 aromatic carbocycles. The molecule has 5 nitrogen and oxygen atoms in total. The maximum Gasteiger partial charge on any atom is 0.269 e. The second-order valence-corrected chi connectivity index (χ2v) is 8.86. The van der Waals surface area contributed by atoms with Gasteiger partial charge in [0.15, 0.2) is 5.17 Å². The number of amidine groups is 1. The van der Waals surface area contributed by atoms with Crippen molar-refractivity contribution in [2.45, 2.75) is 18.7 Å². The standard InChI is InChI=1S/C23H23N3O2S2/c1-5-12-26-21(27)20(30-23(26)24-16-9-7-8-15(3)13-16)22-25(6-2)18-14-17(28-4)10-11-19(18)29-22/h5,7-11,13-14H,1,6,12H2,2-4H3/b22-20-,24-23?. The van der Waals surface area contributed by atoms with E-state index in [0.29, 0.717) is 16.6 Å². The van der Waals surface area contributed by atoms with Crippen LogP contribution in [0.1, 0.15) is 12.5 Å². The first-order valence-corrected chi connectivity index (χ1v) is 11.3. The molecule has 1 fully saturated rings. The van der Waals surface area contributed by atoms with E-state index in [4.69, 9.17) is 9.73 Å². The fraction of sp³-hybridized carbons (Fsp3) is 0.217. The SMILES string of the molecule is C=CCN1C(=O)/C(=C2/Sc3ccc(OC)cc3N2CC)SC1=Nc1cccc(C)c1. The van der Waals surface area contributed by atoms with E-state index in [1.807, 2.05) is 49.4 Å². The van der Waals surface area contributed by atoms with Gasteiger partial charge in [0, 0.05) is 24.1 Å². The number of fused-ring (bicyclic) bond motifs is 1. The molecule has 0 saturated carbocycles. The van der Waals surface area contributed by atoms with Gasteiger partial charge in [0.2, 0.25) is 0 Å². The first-order chi connectivity index (χ1) is 14.5. The summed E-state index contributed by atoms with van der Waals surface area (Å²) in [5, 5.41) is 1.62. The molecule has 154 valence electrons. The molecule has 0 unspecified atom stereocenters. The molecule has 0 spiro atoms. The number of thioether (sulfide) groups is 2. The number of methoxy groups -OCH3 is 1. The maximum atomic E-state index is 13.3. The Hall–Kier alpha value is -2.64. The Morgan fingerprint density at radius 2 is 2.00 bits per heavy atom. The van der Waals surface area contributed by atoms with Crippen molar-refractivity contribution in [2.24, 2.45) is 4.99 Å². The van der Waals surface area contributed by atoms with Crippen LogP contribution in [0.2, 0.25) is 0 Å². The minimum Gasteiger partial charge on any atom is -0.497 e. The van der Waals surface area contributed by atoms with Crippen LogP contribution in [0.3, 0.4) is 0 Å². The summed E-state index contributed by atoms with van der Waals surface area (Å²) in [7, 11) is 1.66. The number of anilines is 1. The van der Waals surface area contributed by atoms with Crippen molar-refractivity contribution >= 4 is 46.0 Å². The molecular formula is C23H23N3O2S2. The molecule has 4 rings (SSSR count). The van der Waals surface area contributed by atoms with Crippen LogP contribution in [0, 0.1) is 6.92 Å². The lowest BCUT2D eigenvalue weighted by molar-refractivity contribution is -0.121.